The van der Waals surface area contributed by atoms with E-state index in [0.717, 1.165) is 32.2 Å². The minimum absolute atomic E-state index is 0.153. The van der Waals surface area contributed by atoms with Crippen LogP contribution in [0.1, 0.15) is 70.6 Å². The van der Waals surface area contributed by atoms with Gasteiger partial charge in [0.05, 0.1) is 12.0 Å². The molecule has 0 aromatic rings. The molecule has 1 heterocycles. The van der Waals surface area contributed by atoms with E-state index in [9.17, 15) is 4.79 Å². The molecule has 0 radical (unpaired) electrons. The average Bonchev–Trinajstić information content (AvgIpc) is 2.44. The highest BCUT2D eigenvalue weighted by Gasteiger charge is 2.41. The molecule has 3 fully saturated rings. The molecule has 4 nitrogen and oxygen atoms in total. The first-order valence-electron chi connectivity index (χ1n) is 8.75. The highest BCUT2D eigenvalue weighted by Crippen LogP contribution is 2.38. The number of piperidine rings is 1. The Morgan fingerprint density at radius 3 is 2.57 bits per heavy atom. The Kier molecular flexibility index (Phi) is 4.55. The van der Waals surface area contributed by atoms with E-state index in [4.69, 9.17) is 4.74 Å². The summed E-state index contributed by atoms with van der Waals surface area (Å²) in [7, 11) is 1.74. The van der Waals surface area contributed by atoms with Crippen molar-refractivity contribution in [2.45, 2.75) is 87.8 Å². The van der Waals surface area contributed by atoms with Crippen molar-refractivity contribution in [3.05, 3.63) is 0 Å². The minimum Gasteiger partial charge on any atom is -0.378 e. The van der Waals surface area contributed by atoms with E-state index in [0.29, 0.717) is 18.0 Å². The van der Waals surface area contributed by atoms with Gasteiger partial charge in [0.15, 0.2) is 0 Å². The molecule has 1 aliphatic heterocycles. The number of carbonyl (C=O) groups excluding carboxylic acids is 1. The van der Waals surface area contributed by atoms with Gasteiger partial charge >= 0.3 is 0 Å². The van der Waals surface area contributed by atoms with Crippen molar-refractivity contribution in [1.82, 2.24) is 10.6 Å². The van der Waals surface area contributed by atoms with E-state index < -0.39 is 0 Å². The lowest BCUT2D eigenvalue weighted by Gasteiger charge is -2.45. The second-order valence-corrected chi connectivity index (χ2v) is 7.44. The molecule has 2 aliphatic carbocycles. The van der Waals surface area contributed by atoms with Crippen LogP contribution in [0.25, 0.3) is 0 Å². The van der Waals surface area contributed by atoms with Crippen LogP contribution in [0, 0.1) is 0 Å². The van der Waals surface area contributed by atoms with E-state index >= 15 is 0 Å². The summed E-state index contributed by atoms with van der Waals surface area (Å²) in [4.78, 5) is 12.3. The van der Waals surface area contributed by atoms with Crippen molar-refractivity contribution in [1.29, 1.82) is 0 Å². The van der Waals surface area contributed by atoms with Gasteiger partial charge < -0.3 is 15.4 Å². The van der Waals surface area contributed by atoms with Gasteiger partial charge in [-0.15, -0.1) is 0 Å². The lowest BCUT2D eigenvalue weighted by atomic mass is 9.74. The summed E-state index contributed by atoms with van der Waals surface area (Å²) >= 11 is 0. The maximum absolute atomic E-state index is 12.3. The summed E-state index contributed by atoms with van der Waals surface area (Å²) < 4.78 is 5.57. The summed E-state index contributed by atoms with van der Waals surface area (Å²) in [5, 5.41) is 7.03. The second kappa shape index (κ2) is 6.25. The number of nitrogens with one attached hydrogen (secondary N) is 2. The standard InChI is InChI=1S/C17H30N2O2/c1-21-17(9-5-10-17)13-15(20)19-14-6-11-18-16(12-14)7-3-2-4-8-16/h14,18H,2-13H2,1H3,(H,19,20). The van der Waals surface area contributed by atoms with Crippen LogP contribution in [-0.2, 0) is 9.53 Å². The summed E-state index contributed by atoms with van der Waals surface area (Å²) in [6.07, 6.45) is 12.6. The van der Waals surface area contributed by atoms with E-state index in [-0.39, 0.29) is 11.5 Å². The van der Waals surface area contributed by atoms with Gasteiger partial charge in [-0.3, -0.25) is 4.79 Å². The number of carbonyl (C=O) groups is 1. The predicted molar refractivity (Wildman–Crippen MR) is 83.2 cm³/mol. The number of ether oxygens (including phenoxy) is 1. The Morgan fingerprint density at radius 1 is 1.19 bits per heavy atom. The number of rotatable bonds is 4. The Labute approximate surface area is 128 Å². The molecule has 4 heteroatoms. The normalized spacial score (nSPS) is 30.6. The Hall–Kier alpha value is -0.610. The third-order valence-electron chi connectivity index (χ3n) is 5.99. The smallest absolute Gasteiger partial charge is 0.223 e. The topological polar surface area (TPSA) is 50.4 Å². The molecule has 21 heavy (non-hydrogen) atoms. The summed E-state index contributed by atoms with van der Waals surface area (Å²) in [5.41, 5.74) is 0.156. The molecule has 3 aliphatic rings. The van der Waals surface area contributed by atoms with Crippen LogP contribution >= 0.6 is 0 Å². The SMILES string of the molecule is COC1(CC(=O)NC2CCNC3(CCCCC3)C2)CCC1. The number of hydrogen-bond donors (Lipinski definition) is 2. The van der Waals surface area contributed by atoms with Crippen LogP contribution in [0.3, 0.4) is 0 Å². The van der Waals surface area contributed by atoms with Crippen molar-refractivity contribution in [2.75, 3.05) is 13.7 Å². The zero-order valence-electron chi connectivity index (χ0n) is 13.4. The van der Waals surface area contributed by atoms with Crippen molar-refractivity contribution in [2.24, 2.45) is 0 Å². The first kappa shape index (κ1) is 15.3. The number of methoxy groups -OCH3 is 1. The summed E-state index contributed by atoms with van der Waals surface area (Å²) in [6, 6.07) is 0.353. The zero-order chi connectivity index (χ0) is 14.8. The predicted octanol–water partition coefficient (Wildman–Crippen LogP) is 2.52. The molecule has 2 N–H and O–H groups in total. The highest BCUT2D eigenvalue weighted by molar-refractivity contribution is 5.77. The van der Waals surface area contributed by atoms with Gasteiger partial charge in [0, 0.05) is 18.7 Å². The molecule has 1 unspecified atom stereocenters. The molecule has 1 spiro atoms. The van der Waals surface area contributed by atoms with Gasteiger partial charge in [-0.05, 0) is 51.5 Å². The average molecular weight is 294 g/mol. The molecule has 120 valence electrons. The fourth-order valence-corrected chi connectivity index (χ4v) is 4.49. The quantitative estimate of drug-likeness (QED) is 0.837. The molecular formula is C17H30N2O2. The Balaban J connectivity index is 1.51. The molecule has 0 aromatic heterocycles. The van der Waals surface area contributed by atoms with Crippen LogP contribution in [0.5, 0.6) is 0 Å². The molecule has 0 aromatic carbocycles. The van der Waals surface area contributed by atoms with Gasteiger partial charge in [0.2, 0.25) is 5.91 Å². The van der Waals surface area contributed by atoms with Gasteiger partial charge in [-0.2, -0.15) is 0 Å². The number of amides is 1. The van der Waals surface area contributed by atoms with Crippen LogP contribution in [0.2, 0.25) is 0 Å². The van der Waals surface area contributed by atoms with E-state index in [1.54, 1.807) is 7.11 Å². The monoisotopic (exact) mass is 294 g/mol. The first-order chi connectivity index (χ1) is 10.2. The third kappa shape index (κ3) is 3.42. The van der Waals surface area contributed by atoms with Crippen molar-refractivity contribution in [3.63, 3.8) is 0 Å². The Morgan fingerprint density at radius 2 is 1.95 bits per heavy atom. The van der Waals surface area contributed by atoms with E-state index in [1.807, 2.05) is 0 Å². The molecule has 1 atom stereocenters. The van der Waals surface area contributed by atoms with Gasteiger partial charge in [-0.1, -0.05) is 19.3 Å². The molecular weight excluding hydrogens is 264 g/mol. The molecule has 3 rings (SSSR count). The zero-order valence-corrected chi connectivity index (χ0v) is 13.4. The fraction of sp³-hybridized carbons (Fsp3) is 0.941. The van der Waals surface area contributed by atoms with Gasteiger partial charge in [0.1, 0.15) is 0 Å². The van der Waals surface area contributed by atoms with Crippen LogP contribution < -0.4 is 10.6 Å². The highest BCUT2D eigenvalue weighted by atomic mass is 16.5. The van der Waals surface area contributed by atoms with Crippen LogP contribution in [0.4, 0.5) is 0 Å². The van der Waals surface area contributed by atoms with Crippen molar-refractivity contribution in [3.8, 4) is 0 Å². The van der Waals surface area contributed by atoms with Crippen molar-refractivity contribution >= 4 is 5.91 Å². The third-order valence-corrected chi connectivity index (χ3v) is 5.99. The first-order valence-corrected chi connectivity index (χ1v) is 8.75. The second-order valence-electron chi connectivity index (χ2n) is 7.44. The van der Waals surface area contributed by atoms with Gasteiger partial charge in [-0.25, -0.2) is 0 Å². The fourth-order valence-electron chi connectivity index (χ4n) is 4.49. The number of hydrogen-bond acceptors (Lipinski definition) is 3. The summed E-state index contributed by atoms with van der Waals surface area (Å²) in [6.45, 7) is 1.04. The largest absolute Gasteiger partial charge is 0.378 e. The van der Waals surface area contributed by atoms with E-state index in [1.165, 1.54) is 38.5 Å². The lowest BCUT2D eigenvalue weighted by molar-refractivity contribution is -0.135. The minimum atomic E-state index is -0.153. The molecule has 2 saturated carbocycles. The van der Waals surface area contributed by atoms with E-state index in [2.05, 4.69) is 10.6 Å². The molecule has 1 saturated heterocycles. The van der Waals surface area contributed by atoms with Gasteiger partial charge in [0.25, 0.3) is 0 Å². The lowest BCUT2D eigenvalue weighted by Crippen LogP contribution is -2.57. The van der Waals surface area contributed by atoms with Crippen molar-refractivity contribution < 1.29 is 9.53 Å². The summed E-state index contributed by atoms with van der Waals surface area (Å²) in [5.74, 6) is 0.189. The maximum atomic E-state index is 12.3. The molecule has 1 amide bonds. The molecule has 0 bridgehead atoms. The Bertz CT molecular complexity index is 362. The maximum Gasteiger partial charge on any atom is 0.223 e. The van der Waals surface area contributed by atoms with Crippen LogP contribution in [0.15, 0.2) is 0 Å². The van der Waals surface area contributed by atoms with Crippen LogP contribution in [-0.4, -0.2) is 36.7 Å².